The fourth-order valence-corrected chi connectivity index (χ4v) is 2.47. The molecule has 3 nitrogen and oxygen atoms in total. The van der Waals surface area contributed by atoms with Crippen LogP contribution in [0.4, 0.5) is 0 Å². The highest BCUT2D eigenvalue weighted by Gasteiger charge is 2.22. The molecule has 4 heteroatoms. The molecule has 0 radical (unpaired) electrons. The molecule has 0 unspecified atom stereocenters. The Morgan fingerprint density at radius 3 is 2.85 bits per heavy atom. The summed E-state index contributed by atoms with van der Waals surface area (Å²) in [6.45, 7) is 3.96. The highest BCUT2D eigenvalue weighted by atomic mass is 32.1. The van der Waals surface area contributed by atoms with Crippen LogP contribution in [0.1, 0.15) is 19.5 Å². The van der Waals surface area contributed by atoms with Gasteiger partial charge in [-0.05, 0) is 25.3 Å². The van der Waals surface area contributed by atoms with E-state index in [1.54, 1.807) is 11.3 Å². The van der Waals surface area contributed by atoms with Gasteiger partial charge in [-0.3, -0.25) is 4.68 Å². The monoisotopic (exact) mass is 195 g/mol. The first-order chi connectivity index (χ1) is 6.00. The number of thiophene rings is 1. The van der Waals surface area contributed by atoms with Gasteiger partial charge >= 0.3 is 0 Å². The Kier molecular flexibility index (Phi) is 1.72. The van der Waals surface area contributed by atoms with E-state index in [1.807, 2.05) is 25.6 Å². The summed E-state index contributed by atoms with van der Waals surface area (Å²) in [6.07, 6.45) is 0. The minimum atomic E-state index is -0.357. The van der Waals surface area contributed by atoms with Crippen molar-refractivity contribution in [1.82, 2.24) is 9.78 Å². The van der Waals surface area contributed by atoms with Gasteiger partial charge in [0.15, 0.2) is 0 Å². The van der Waals surface area contributed by atoms with Gasteiger partial charge in [0.1, 0.15) is 0 Å². The summed E-state index contributed by atoms with van der Waals surface area (Å²) in [5, 5.41) is 6.49. The predicted molar refractivity (Wildman–Crippen MR) is 55.8 cm³/mol. The fourth-order valence-electron chi connectivity index (χ4n) is 1.41. The van der Waals surface area contributed by atoms with E-state index in [-0.39, 0.29) is 5.54 Å². The topological polar surface area (TPSA) is 43.8 Å². The first kappa shape index (κ1) is 8.72. The Bertz CT molecular complexity index is 433. The second-order valence-electron chi connectivity index (χ2n) is 3.83. The van der Waals surface area contributed by atoms with Crippen LogP contribution < -0.4 is 5.73 Å². The van der Waals surface area contributed by atoms with Gasteiger partial charge in [-0.2, -0.15) is 5.10 Å². The summed E-state index contributed by atoms with van der Waals surface area (Å²) >= 11 is 1.70. The zero-order chi connectivity index (χ0) is 9.64. The molecular weight excluding hydrogens is 182 g/mol. The normalized spacial score (nSPS) is 12.6. The second-order valence-corrected chi connectivity index (χ2v) is 4.74. The summed E-state index contributed by atoms with van der Waals surface area (Å²) in [6, 6.07) is 2.07. The summed E-state index contributed by atoms with van der Waals surface area (Å²) in [5.41, 5.74) is 7.82. The fraction of sp³-hybridized carbons (Fsp3) is 0.444. The lowest BCUT2D eigenvalue weighted by Crippen LogP contribution is -2.29. The van der Waals surface area contributed by atoms with E-state index in [2.05, 4.69) is 16.5 Å². The van der Waals surface area contributed by atoms with Gasteiger partial charge in [0, 0.05) is 7.05 Å². The predicted octanol–water partition coefficient (Wildman–Crippen LogP) is 1.83. The van der Waals surface area contributed by atoms with E-state index in [4.69, 9.17) is 5.73 Å². The molecule has 0 bridgehead atoms. The quantitative estimate of drug-likeness (QED) is 0.754. The molecule has 2 aromatic rings. The van der Waals surface area contributed by atoms with E-state index >= 15 is 0 Å². The Hall–Kier alpha value is -0.870. The van der Waals surface area contributed by atoms with Crippen molar-refractivity contribution in [2.45, 2.75) is 19.4 Å². The third-order valence-corrected chi connectivity index (χ3v) is 2.98. The molecule has 2 aromatic heterocycles. The maximum Gasteiger partial charge on any atom is 0.0995 e. The van der Waals surface area contributed by atoms with Crippen molar-refractivity contribution in [2.24, 2.45) is 12.8 Å². The molecule has 2 rings (SSSR count). The van der Waals surface area contributed by atoms with E-state index < -0.39 is 0 Å². The zero-order valence-electron chi connectivity index (χ0n) is 8.03. The molecular formula is C9H13N3S. The van der Waals surface area contributed by atoms with Crippen molar-refractivity contribution in [3.05, 3.63) is 17.1 Å². The van der Waals surface area contributed by atoms with Crippen LogP contribution in [0.5, 0.6) is 0 Å². The minimum Gasteiger partial charge on any atom is -0.320 e. The average Bonchev–Trinajstić information content (AvgIpc) is 2.51. The lowest BCUT2D eigenvalue weighted by atomic mass is 10.0. The molecule has 0 aliphatic rings. The summed E-state index contributed by atoms with van der Waals surface area (Å²) in [4.78, 5) is 0. The van der Waals surface area contributed by atoms with Crippen molar-refractivity contribution in [3.63, 3.8) is 0 Å². The van der Waals surface area contributed by atoms with Crippen molar-refractivity contribution in [3.8, 4) is 0 Å². The number of hydrogen-bond acceptors (Lipinski definition) is 3. The summed E-state index contributed by atoms with van der Waals surface area (Å²) in [7, 11) is 1.95. The molecule has 0 saturated carbocycles. The van der Waals surface area contributed by atoms with E-state index in [0.29, 0.717) is 0 Å². The van der Waals surface area contributed by atoms with Gasteiger partial charge in [0.2, 0.25) is 0 Å². The largest absolute Gasteiger partial charge is 0.320 e. The third-order valence-electron chi connectivity index (χ3n) is 2.07. The molecule has 0 aromatic carbocycles. The maximum atomic E-state index is 6.03. The number of nitrogens with two attached hydrogens (primary N) is 1. The smallest absolute Gasteiger partial charge is 0.0995 e. The minimum absolute atomic E-state index is 0.357. The van der Waals surface area contributed by atoms with Crippen molar-refractivity contribution < 1.29 is 0 Å². The van der Waals surface area contributed by atoms with Crippen molar-refractivity contribution in [1.29, 1.82) is 0 Å². The van der Waals surface area contributed by atoms with Crippen LogP contribution in [0.15, 0.2) is 11.4 Å². The van der Waals surface area contributed by atoms with Crippen LogP contribution in [0, 0.1) is 0 Å². The molecule has 2 N–H and O–H groups in total. The Labute approximate surface area is 81.2 Å². The first-order valence-electron chi connectivity index (χ1n) is 4.19. The van der Waals surface area contributed by atoms with Gasteiger partial charge in [-0.1, -0.05) is 0 Å². The van der Waals surface area contributed by atoms with Gasteiger partial charge in [0.25, 0.3) is 0 Å². The number of rotatable bonds is 1. The zero-order valence-corrected chi connectivity index (χ0v) is 8.85. The number of fused-ring (bicyclic) bond motifs is 1. The van der Waals surface area contributed by atoms with E-state index in [1.165, 1.54) is 10.2 Å². The molecule has 0 spiro atoms. The standard InChI is InChI=1S/C9H13N3S/c1-9(2,10)8-7-6(4-5-13-7)12(3)11-8/h4-5H,10H2,1-3H3. The summed E-state index contributed by atoms with van der Waals surface area (Å²) in [5.74, 6) is 0. The Balaban J connectivity index is 2.76. The van der Waals surface area contributed by atoms with E-state index in [0.717, 1.165) is 5.69 Å². The molecule has 0 saturated heterocycles. The molecule has 0 aliphatic carbocycles. The van der Waals surface area contributed by atoms with Gasteiger partial charge in [-0.15, -0.1) is 11.3 Å². The van der Waals surface area contributed by atoms with Gasteiger partial charge < -0.3 is 5.73 Å². The first-order valence-corrected chi connectivity index (χ1v) is 5.07. The highest BCUT2D eigenvalue weighted by molar-refractivity contribution is 7.17. The molecule has 0 atom stereocenters. The van der Waals surface area contributed by atoms with Crippen molar-refractivity contribution in [2.75, 3.05) is 0 Å². The lowest BCUT2D eigenvalue weighted by molar-refractivity contribution is 0.528. The maximum absolute atomic E-state index is 6.03. The van der Waals surface area contributed by atoms with Crippen LogP contribution in [-0.4, -0.2) is 9.78 Å². The molecule has 0 fully saturated rings. The van der Waals surface area contributed by atoms with Crippen LogP contribution in [0.2, 0.25) is 0 Å². The van der Waals surface area contributed by atoms with Crippen molar-refractivity contribution >= 4 is 21.6 Å². The average molecular weight is 195 g/mol. The SMILES string of the molecule is Cn1nc(C(C)(C)N)c2sccc21. The van der Waals surface area contributed by atoms with Gasteiger partial charge in [0.05, 0.1) is 21.4 Å². The second kappa shape index (κ2) is 2.56. The van der Waals surface area contributed by atoms with Crippen LogP contribution in [-0.2, 0) is 12.6 Å². The number of aromatic nitrogens is 2. The molecule has 70 valence electrons. The Morgan fingerprint density at radius 1 is 1.54 bits per heavy atom. The Morgan fingerprint density at radius 2 is 2.23 bits per heavy atom. The van der Waals surface area contributed by atoms with E-state index in [9.17, 15) is 0 Å². The van der Waals surface area contributed by atoms with Crippen LogP contribution >= 0.6 is 11.3 Å². The molecule has 0 aliphatic heterocycles. The molecule has 2 heterocycles. The third kappa shape index (κ3) is 1.26. The van der Waals surface area contributed by atoms with Crippen LogP contribution in [0.3, 0.4) is 0 Å². The number of hydrogen-bond donors (Lipinski definition) is 1. The molecule has 13 heavy (non-hydrogen) atoms. The number of nitrogens with zero attached hydrogens (tertiary/aromatic N) is 2. The number of aryl methyl sites for hydroxylation is 1. The van der Waals surface area contributed by atoms with Gasteiger partial charge in [-0.25, -0.2) is 0 Å². The van der Waals surface area contributed by atoms with Crippen LogP contribution in [0.25, 0.3) is 10.2 Å². The highest BCUT2D eigenvalue weighted by Crippen LogP contribution is 2.29. The lowest BCUT2D eigenvalue weighted by Gasteiger charge is -2.14. The summed E-state index contributed by atoms with van der Waals surface area (Å²) < 4.78 is 3.09. The molecule has 0 amide bonds.